The van der Waals surface area contributed by atoms with Gasteiger partial charge in [0.2, 0.25) is 0 Å². The van der Waals surface area contributed by atoms with Gasteiger partial charge in [-0.1, -0.05) is 0 Å². The van der Waals surface area contributed by atoms with E-state index in [1.54, 1.807) is 7.11 Å². The van der Waals surface area contributed by atoms with Crippen molar-refractivity contribution in [3.05, 3.63) is 29.8 Å². The average Bonchev–Trinajstić information content (AvgIpc) is 2.91. The summed E-state index contributed by atoms with van der Waals surface area (Å²) in [5.74, 6) is -1.28. The Hall–Kier alpha value is -1.73. The highest BCUT2D eigenvalue weighted by Crippen LogP contribution is 2.28. The van der Waals surface area contributed by atoms with Gasteiger partial charge in [-0.05, 0) is 30.9 Å². The molecule has 0 radical (unpaired) electrons. The van der Waals surface area contributed by atoms with E-state index < -0.39 is 11.6 Å². The molecular weight excluding hydrogens is 330 g/mol. The van der Waals surface area contributed by atoms with Gasteiger partial charge in [-0.15, -0.1) is 0 Å². The number of piperidine rings is 1. The number of carbonyl (C=O) groups excluding carboxylic acids is 1. The third-order valence-electron chi connectivity index (χ3n) is 5.01. The lowest BCUT2D eigenvalue weighted by atomic mass is 9.95. The van der Waals surface area contributed by atoms with Gasteiger partial charge in [0.15, 0.2) is 18.2 Å². The highest BCUT2D eigenvalue weighted by molar-refractivity contribution is 5.78. The Kier molecular flexibility index (Phi) is 5.86. The molecule has 0 aliphatic carbocycles. The van der Waals surface area contributed by atoms with Crippen molar-refractivity contribution in [3.8, 4) is 5.75 Å². The number of hydrogen-bond acceptors (Lipinski definition) is 4. The molecule has 0 unspecified atom stereocenters. The van der Waals surface area contributed by atoms with Gasteiger partial charge in [-0.3, -0.25) is 9.69 Å². The van der Waals surface area contributed by atoms with Gasteiger partial charge in [-0.25, -0.2) is 8.78 Å². The van der Waals surface area contributed by atoms with Gasteiger partial charge in [0, 0.05) is 45.4 Å². The standard InChI is InChI=1S/C18H24F2N2O3/c1-24-7-6-21-9-13-2-4-15(21)11-22(10-13)18(23)12-25-17-5-3-14(19)8-16(17)20/h3,5,8,13,15H,2,4,6-7,9-12H2,1H3/t13-,15-/m1/s1. The summed E-state index contributed by atoms with van der Waals surface area (Å²) in [7, 11) is 1.69. The molecule has 3 aliphatic rings. The molecule has 2 atom stereocenters. The monoisotopic (exact) mass is 354 g/mol. The largest absolute Gasteiger partial charge is 0.481 e. The molecule has 25 heavy (non-hydrogen) atoms. The van der Waals surface area contributed by atoms with Crippen LogP contribution in [0.2, 0.25) is 0 Å². The van der Waals surface area contributed by atoms with E-state index in [0.717, 1.165) is 38.1 Å². The predicted octanol–water partition coefficient (Wildman–Crippen LogP) is 1.91. The molecule has 3 heterocycles. The van der Waals surface area contributed by atoms with Crippen molar-refractivity contribution in [2.24, 2.45) is 5.92 Å². The fourth-order valence-electron chi connectivity index (χ4n) is 3.69. The first-order valence-corrected chi connectivity index (χ1v) is 8.65. The van der Waals surface area contributed by atoms with E-state index in [0.29, 0.717) is 31.7 Å². The van der Waals surface area contributed by atoms with Gasteiger partial charge in [0.05, 0.1) is 6.61 Å². The SMILES string of the molecule is COCCN1C[C@H]2CC[C@@H]1CN(C(=O)COc1ccc(F)cc1F)C2. The summed E-state index contributed by atoms with van der Waals surface area (Å²) in [4.78, 5) is 16.7. The van der Waals surface area contributed by atoms with E-state index in [2.05, 4.69) is 4.90 Å². The summed E-state index contributed by atoms with van der Waals surface area (Å²) in [6, 6.07) is 3.40. The second-order valence-electron chi connectivity index (χ2n) is 6.75. The maximum absolute atomic E-state index is 13.6. The number of amides is 1. The Balaban J connectivity index is 1.57. The smallest absolute Gasteiger partial charge is 0.260 e. The number of nitrogens with zero attached hydrogens (tertiary/aromatic N) is 2. The van der Waals surface area contributed by atoms with Gasteiger partial charge in [-0.2, -0.15) is 0 Å². The Morgan fingerprint density at radius 3 is 2.84 bits per heavy atom. The van der Waals surface area contributed by atoms with Crippen molar-refractivity contribution in [1.29, 1.82) is 0 Å². The lowest BCUT2D eigenvalue weighted by Gasteiger charge is -2.35. The molecule has 1 aromatic carbocycles. The number of halogens is 2. The zero-order chi connectivity index (χ0) is 17.8. The van der Waals surface area contributed by atoms with Crippen LogP contribution in [0.15, 0.2) is 18.2 Å². The van der Waals surface area contributed by atoms with Crippen LogP contribution in [0.25, 0.3) is 0 Å². The van der Waals surface area contributed by atoms with Crippen LogP contribution in [0.5, 0.6) is 5.75 Å². The zero-order valence-corrected chi connectivity index (χ0v) is 14.4. The van der Waals surface area contributed by atoms with Crippen LogP contribution in [0.1, 0.15) is 12.8 Å². The molecule has 1 amide bonds. The quantitative estimate of drug-likeness (QED) is 0.783. The second-order valence-corrected chi connectivity index (χ2v) is 6.75. The first-order valence-electron chi connectivity index (χ1n) is 8.65. The van der Waals surface area contributed by atoms with Crippen LogP contribution in [0, 0.1) is 17.6 Å². The van der Waals surface area contributed by atoms with E-state index in [4.69, 9.17) is 9.47 Å². The van der Waals surface area contributed by atoms with Gasteiger partial charge in [0.25, 0.3) is 5.91 Å². The topological polar surface area (TPSA) is 42.0 Å². The summed E-state index contributed by atoms with van der Waals surface area (Å²) in [5.41, 5.74) is 0. The number of hydrogen-bond donors (Lipinski definition) is 0. The summed E-state index contributed by atoms with van der Waals surface area (Å²) in [5, 5.41) is 0. The second kappa shape index (κ2) is 8.10. The minimum Gasteiger partial charge on any atom is -0.481 e. The van der Waals surface area contributed by atoms with Crippen molar-refractivity contribution in [3.63, 3.8) is 0 Å². The normalized spacial score (nSPS) is 23.6. The highest BCUT2D eigenvalue weighted by atomic mass is 19.1. The van der Waals surface area contributed by atoms with Crippen LogP contribution in [0.3, 0.4) is 0 Å². The van der Waals surface area contributed by atoms with E-state index in [9.17, 15) is 13.6 Å². The third-order valence-corrected chi connectivity index (χ3v) is 5.01. The van der Waals surface area contributed by atoms with Crippen molar-refractivity contribution in [1.82, 2.24) is 9.80 Å². The molecule has 0 N–H and O–H groups in total. The van der Waals surface area contributed by atoms with Crippen LogP contribution >= 0.6 is 0 Å². The van der Waals surface area contributed by atoms with Crippen molar-refractivity contribution < 1.29 is 23.0 Å². The Labute approximate surface area is 146 Å². The molecule has 4 rings (SSSR count). The highest BCUT2D eigenvalue weighted by Gasteiger charge is 2.36. The molecule has 0 aromatic heterocycles. The van der Waals surface area contributed by atoms with Crippen LogP contribution in [0.4, 0.5) is 8.78 Å². The van der Waals surface area contributed by atoms with Crippen LogP contribution < -0.4 is 4.74 Å². The summed E-state index contributed by atoms with van der Waals surface area (Å²) < 4.78 is 37.0. The maximum atomic E-state index is 13.6. The number of methoxy groups -OCH3 is 1. The Morgan fingerprint density at radius 2 is 2.08 bits per heavy atom. The molecular formula is C18H24F2N2O3. The lowest BCUT2D eigenvalue weighted by Crippen LogP contribution is -2.46. The maximum Gasteiger partial charge on any atom is 0.260 e. The van der Waals surface area contributed by atoms with E-state index in [-0.39, 0.29) is 18.3 Å². The molecule has 138 valence electrons. The first kappa shape index (κ1) is 18.1. The predicted molar refractivity (Wildman–Crippen MR) is 88.4 cm³/mol. The van der Waals surface area contributed by atoms with E-state index >= 15 is 0 Å². The molecule has 1 aromatic rings. The van der Waals surface area contributed by atoms with Gasteiger partial charge in [0.1, 0.15) is 5.82 Å². The van der Waals surface area contributed by atoms with Crippen molar-refractivity contribution >= 4 is 5.91 Å². The molecule has 2 bridgehead atoms. The molecule has 3 saturated heterocycles. The van der Waals surface area contributed by atoms with Crippen LogP contribution in [-0.2, 0) is 9.53 Å². The first-order chi connectivity index (χ1) is 12.1. The third kappa shape index (κ3) is 4.46. The molecule has 3 aliphatic heterocycles. The van der Waals surface area contributed by atoms with Crippen molar-refractivity contribution in [2.75, 3.05) is 46.5 Å². The number of benzene rings is 1. The molecule has 3 fully saturated rings. The van der Waals surface area contributed by atoms with Crippen LogP contribution in [-0.4, -0.2) is 68.3 Å². The van der Waals surface area contributed by atoms with E-state index in [1.165, 1.54) is 6.07 Å². The number of fused-ring (bicyclic) bond motifs is 4. The Morgan fingerprint density at radius 1 is 1.24 bits per heavy atom. The molecule has 0 saturated carbocycles. The average molecular weight is 354 g/mol. The fourth-order valence-corrected chi connectivity index (χ4v) is 3.69. The summed E-state index contributed by atoms with van der Waals surface area (Å²) in [6.45, 7) is 3.66. The number of carbonyl (C=O) groups is 1. The minimum absolute atomic E-state index is 0.103. The molecule has 7 heteroatoms. The van der Waals surface area contributed by atoms with Crippen molar-refractivity contribution in [2.45, 2.75) is 18.9 Å². The minimum atomic E-state index is -0.797. The summed E-state index contributed by atoms with van der Waals surface area (Å²) >= 11 is 0. The molecule has 0 spiro atoms. The fraction of sp³-hybridized carbons (Fsp3) is 0.611. The lowest BCUT2D eigenvalue weighted by molar-refractivity contribution is -0.133. The number of rotatable bonds is 6. The van der Waals surface area contributed by atoms with E-state index in [1.807, 2.05) is 4.90 Å². The molecule has 5 nitrogen and oxygen atoms in total. The van der Waals surface area contributed by atoms with Gasteiger partial charge < -0.3 is 14.4 Å². The van der Waals surface area contributed by atoms with Gasteiger partial charge >= 0.3 is 0 Å². The summed E-state index contributed by atoms with van der Waals surface area (Å²) in [6.07, 6.45) is 2.19. The number of ether oxygens (including phenoxy) is 2. The zero-order valence-electron chi connectivity index (χ0n) is 14.4. The Bertz CT molecular complexity index is 614.